The molecule has 0 N–H and O–H groups in total. The maximum atomic E-state index is 2.43. The number of halogens is 1. The van der Waals surface area contributed by atoms with E-state index in [1.54, 1.807) is 0 Å². The first-order valence-corrected chi connectivity index (χ1v) is 8.31. The van der Waals surface area contributed by atoms with E-state index in [0.717, 1.165) is 0 Å². The van der Waals surface area contributed by atoms with Crippen molar-refractivity contribution in [1.82, 2.24) is 0 Å². The Balaban J connectivity index is 2.56. The van der Waals surface area contributed by atoms with E-state index in [2.05, 4.69) is 104 Å². The third-order valence-electron chi connectivity index (χ3n) is 3.95. The van der Waals surface area contributed by atoms with Gasteiger partial charge in [0.05, 0.1) is 34.2 Å². The minimum Gasteiger partial charge on any atom is -0.282 e. The Morgan fingerprint density at radius 3 is 2.00 bits per heavy atom. The zero-order chi connectivity index (χ0) is 15.8. The number of rotatable bonds is 2. The molecule has 0 radical (unpaired) electrons. The molecular formula is C19H24IN. The van der Waals surface area contributed by atoms with Crippen molar-refractivity contribution in [3.63, 3.8) is 0 Å². The van der Waals surface area contributed by atoms with E-state index in [0.29, 0.717) is 0 Å². The molecule has 0 unspecified atom stereocenters. The van der Waals surface area contributed by atoms with Crippen molar-refractivity contribution < 1.29 is 0 Å². The average Bonchev–Trinajstić information content (AvgIpc) is 2.41. The number of nitrogens with zero attached hydrogens (tertiary/aromatic N) is 1. The van der Waals surface area contributed by atoms with Gasteiger partial charge in [0, 0.05) is 0 Å². The highest BCUT2D eigenvalue weighted by molar-refractivity contribution is 14.1. The summed E-state index contributed by atoms with van der Waals surface area (Å²) < 4.78 is 2.29. The summed E-state index contributed by atoms with van der Waals surface area (Å²) in [6.07, 6.45) is 0. The standard InChI is InChI=1S/C19H24IN/c1-13-11-15(3)18(12-14(13)2)21(20)17-10-8-7-9-16(17)19(4,5)6/h7-12H,1-6H3. The molecule has 0 aliphatic heterocycles. The van der Waals surface area contributed by atoms with Gasteiger partial charge in [0.1, 0.15) is 0 Å². The van der Waals surface area contributed by atoms with Gasteiger partial charge in [-0.25, -0.2) is 0 Å². The molecule has 0 fully saturated rings. The highest BCUT2D eigenvalue weighted by Gasteiger charge is 2.21. The van der Waals surface area contributed by atoms with Crippen molar-refractivity contribution >= 4 is 34.2 Å². The molecule has 0 saturated heterocycles. The third-order valence-corrected chi connectivity index (χ3v) is 4.99. The SMILES string of the molecule is Cc1cc(C)c(N(I)c2ccccc2C(C)(C)C)cc1C. The van der Waals surface area contributed by atoms with Gasteiger partial charge in [0.15, 0.2) is 0 Å². The molecule has 0 atom stereocenters. The summed E-state index contributed by atoms with van der Waals surface area (Å²) in [6, 6.07) is 13.3. The zero-order valence-corrected chi connectivity index (χ0v) is 15.9. The van der Waals surface area contributed by atoms with Crippen molar-refractivity contribution in [2.75, 3.05) is 3.11 Å². The summed E-state index contributed by atoms with van der Waals surface area (Å²) in [5, 5.41) is 0. The van der Waals surface area contributed by atoms with E-state index in [9.17, 15) is 0 Å². The average molecular weight is 393 g/mol. The molecule has 2 rings (SSSR count). The van der Waals surface area contributed by atoms with Crippen molar-refractivity contribution in [1.29, 1.82) is 0 Å². The first kappa shape index (κ1) is 16.3. The molecule has 0 saturated carbocycles. The van der Waals surface area contributed by atoms with Crippen molar-refractivity contribution in [2.24, 2.45) is 0 Å². The maximum Gasteiger partial charge on any atom is 0.0646 e. The van der Waals surface area contributed by atoms with Crippen LogP contribution in [0.3, 0.4) is 0 Å². The van der Waals surface area contributed by atoms with Crippen LogP contribution in [0.4, 0.5) is 11.4 Å². The second kappa shape index (κ2) is 5.99. The summed E-state index contributed by atoms with van der Waals surface area (Å²) >= 11 is 2.43. The van der Waals surface area contributed by atoms with Crippen LogP contribution in [0.25, 0.3) is 0 Å². The summed E-state index contributed by atoms with van der Waals surface area (Å²) in [5.74, 6) is 0. The number of aryl methyl sites for hydroxylation is 3. The molecule has 0 heterocycles. The minimum atomic E-state index is 0.133. The predicted octanol–water partition coefficient (Wildman–Crippen LogP) is 6.40. The Hall–Kier alpha value is -1.03. The van der Waals surface area contributed by atoms with Crippen LogP contribution in [-0.4, -0.2) is 0 Å². The summed E-state index contributed by atoms with van der Waals surface area (Å²) in [5.41, 5.74) is 8.06. The van der Waals surface area contributed by atoms with Crippen LogP contribution in [0.1, 0.15) is 43.0 Å². The monoisotopic (exact) mass is 393 g/mol. The summed E-state index contributed by atoms with van der Waals surface area (Å²) in [4.78, 5) is 0. The number of hydrogen-bond acceptors (Lipinski definition) is 1. The van der Waals surface area contributed by atoms with Crippen LogP contribution in [-0.2, 0) is 5.41 Å². The Kier molecular flexibility index (Phi) is 4.66. The van der Waals surface area contributed by atoms with E-state index in [1.165, 1.54) is 33.6 Å². The van der Waals surface area contributed by atoms with E-state index in [1.807, 2.05) is 0 Å². The molecule has 0 amide bonds. The third kappa shape index (κ3) is 3.42. The number of anilines is 2. The topological polar surface area (TPSA) is 3.24 Å². The quantitative estimate of drug-likeness (QED) is 0.422. The number of para-hydroxylation sites is 1. The maximum absolute atomic E-state index is 2.43. The molecule has 0 aromatic heterocycles. The van der Waals surface area contributed by atoms with Crippen LogP contribution in [0.5, 0.6) is 0 Å². The van der Waals surface area contributed by atoms with Crippen molar-refractivity contribution in [2.45, 2.75) is 47.0 Å². The van der Waals surface area contributed by atoms with Gasteiger partial charge in [0.25, 0.3) is 0 Å². The fourth-order valence-corrected chi connectivity index (χ4v) is 3.51. The van der Waals surface area contributed by atoms with Gasteiger partial charge >= 0.3 is 0 Å². The molecule has 2 heteroatoms. The van der Waals surface area contributed by atoms with Gasteiger partial charge in [-0.05, 0) is 60.6 Å². The normalized spacial score (nSPS) is 11.6. The molecule has 0 aliphatic rings. The lowest BCUT2D eigenvalue weighted by Crippen LogP contribution is -2.16. The first-order chi connectivity index (χ1) is 9.71. The molecular weight excluding hydrogens is 369 g/mol. The Morgan fingerprint density at radius 2 is 1.38 bits per heavy atom. The lowest BCUT2D eigenvalue weighted by molar-refractivity contribution is 0.592. The number of hydrogen-bond donors (Lipinski definition) is 0. The van der Waals surface area contributed by atoms with E-state index in [-0.39, 0.29) is 5.41 Å². The lowest BCUT2D eigenvalue weighted by Gasteiger charge is -2.28. The van der Waals surface area contributed by atoms with Crippen LogP contribution in [0.2, 0.25) is 0 Å². The second-order valence-corrected chi connectivity index (χ2v) is 7.74. The predicted molar refractivity (Wildman–Crippen MR) is 102 cm³/mol. The molecule has 2 aromatic rings. The molecule has 0 aliphatic carbocycles. The number of benzene rings is 2. The Bertz CT molecular complexity index is 653. The van der Waals surface area contributed by atoms with E-state index >= 15 is 0 Å². The van der Waals surface area contributed by atoms with E-state index < -0.39 is 0 Å². The minimum absolute atomic E-state index is 0.133. The molecule has 1 nitrogen and oxygen atoms in total. The van der Waals surface area contributed by atoms with E-state index in [4.69, 9.17) is 0 Å². The Morgan fingerprint density at radius 1 is 0.810 bits per heavy atom. The summed E-state index contributed by atoms with van der Waals surface area (Å²) in [7, 11) is 0. The van der Waals surface area contributed by atoms with Gasteiger partial charge < -0.3 is 0 Å². The van der Waals surface area contributed by atoms with Gasteiger partial charge in [-0.3, -0.25) is 3.11 Å². The highest BCUT2D eigenvalue weighted by atomic mass is 127. The second-order valence-electron chi connectivity index (χ2n) is 6.77. The molecule has 21 heavy (non-hydrogen) atoms. The first-order valence-electron chi connectivity index (χ1n) is 7.35. The summed E-state index contributed by atoms with van der Waals surface area (Å²) in [6.45, 7) is 13.3. The molecule has 2 aromatic carbocycles. The van der Waals surface area contributed by atoms with Gasteiger partial charge in [-0.1, -0.05) is 45.0 Å². The fraction of sp³-hybridized carbons (Fsp3) is 0.368. The Labute approximate surface area is 142 Å². The van der Waals surface area contributed by atoms with Crippen LogP contribution >= 0.6 is 22.9 Å². The van der Waals surface area contributed by atoms with Gasteiger partial charge in [-0.15, -0.1) is 0 Å². The molecule has 112 valence electrons. The van der Waals surface area contributed by atoms with Crippen molar-refractivity contribution in [3.8, 4) is 0 Å². The smallest absolute Gasteiger partial charge is 0.0646 e. The fourth-order valence-electron chi connectivity index (χ4n) is 2.57. The molecule has 0 bridgehead atoms. The van der Waals surface area contributed by atoms with Gasteiger partial charge in [0.2, 0.25) is 0 Å². The van der Waals surface area contributed by atoms with Crippen LogP contribution in [0.15, 0.2) is 36.4 Å². The highest BCUT2D eigenvalue weighted by Crippen LogP contribution is 2.39. The van der Waals surface area contributed by atoms with Crippen LogP contribution in [0, 0.1) is 20.8 Å². The largest absolute Gasteiger partial charge is 0.282 e. The van der Waals surface area contributed by atoms with Crippen LogP contribution < -0.4 is 3.11 Å². The molecule has 0 spiro atoms. The zero-order valence-electron chi connectivity index (χ0n) is 13.8. The lowest BCUT2D eigenvalue weighted by atomic mass is 9.85. The van der Waals surface area contributed by atoms with Crippen molar-refractivity contribution in [3.05, 3.63) is 58.7 Å². The van der Waals surface area contributed by atoms with Gasteiger partial charge in [-0.2, -0.15) is 0 Å².